The highest BCUT2D eigenvalue weighted by atomic mass is 32.1. The number of benzene rings is 1. The first-order valence-electron chi connectivity index (χ1n) is 27.0. The van der Waals surface area contributed by atoms with Gasteiger partial charge in [0.15, 0.2) is 6.61 Å². The van der Waals surface area contributed by atoms with Crippen LogP contribution in [-0.4, -0.2) is 128 Å². The summed E-state index contributed by atoms with van der Waals surface area (Å²) in [5, 5.41) is 21.1. The molecule has 17 nitrogen and oxygen atoms in total. The zero-order valence-corrected chi connectivity index (χ0v) is 45.4. The Kier molecular flexibility index (Phi) is 16.2. The van der Waals surface area contributed by atoms with Crippen molar-refractivity contribution < 1.29 is 24.5 Å². The predicted octanol–water partition coefficient (Wildman–Crippen LogP) is 6.83. The number of rotatable bonds is 11. The second-order valence-corrected chi connectivity index (χ2v) is 23.8. The fraction of sp³-hybridized carbons (Fsp3) is 0.589. The van der Waals surface area contributed by atoms with Crippen molar-refractivity contribution in [2.24, 2.45) is 22.8 Å². The molecule has 4 atom stereocenters. The maximum Gasteiger partial charge on any atom is 0.308 e. The van der Waals surface area contributed by atoms with Crippen molar-refractivity contribution in [1.29, 1.82) is 0 Å². The number of anilines is 1. The van der Waals surface area contributed by atoms with Gasteiger partial charge in [-0.25, -0.2) is 9.82 Å². The molecule has 4 aliphatic rings. The van der Waals surface area contributed by atoms with E-state index >= 15 is 0 Å². The van der Waals surface area contributed by atoms with Crippen LogP contribution >= 0.6 is 11.3 Å². The third-order valence-corrected chi connectivity index (χ3v) is 17.2. The molecule has 7 N–H and O–H groups in total. The van der Waals surface area contributed by atoms with E-state index in [0.717, 1.165) is 96.5 Å². The van der Waals surface area contributed by atoms with E-state index in [2.05, 4.69) is 107 Å². The summed E-state index contributed by atoms with van der Waals surface area (Å²) < 4.78 is 2.27. The molecule has 1 saturated heterocycles. The van der Waals surface area contributed by atoms with Crippen LogP contribution in [0.5, 0.6) is 0 Å². The van der Waals surface area contributed by atoms with Gasteiger partial charge in [0.25, 0.3) is 0 Å². The number of thiazole rings is 1. The quantitative estimate of drug-likeness (QED) is 0.0860. The zero-order chi connectivity index (χ0) is 52.5. The number of hydrogen-bond donors (Lipinski definition) is 5. The summed E-state index contributed by atoms with van der Waals surface area (Å²) in [5.74, 6) is -0.554. The highest BCUT2D eigenvalue weighted by Gasteiger charge is 2.40. The number of fused-ring (bicyclic) bond motifs is 4. The monoisotopic (exact) mass is 1030 g/mol. The van der Waals surface area contributed by atoms with Crippen LogP contribution < -0.4 is 27.0 Å². The van der Waals surface area contributed by atoms with Crippen LogP contribution in [0, 0.1) is 16.2 Å². The van der Waals surface area contributed by atoms with E-state index in [1.807, 2.05) is 37.1 Å². The molecule has 2 aliphatic carbocycles. The first kappa shape index (κ1) is 53.5. The summed E-state index contributed by atoms with van der Waals surface area (Å²) in [6, 6.07) is 12.2. The number of carbonyl (C=O) groups excluding carboxylic acids is 2. The number of aromatic nitrogens is 4. The number of aliphatic hydroxyl groups is 1. The third kappa shape index (κ3) is 11.7. The fourth-order valence-electron chi connectivity index (χ4n) is 11.9. The van der Waals surface area contributed by atoms with Crippen molar-refractivity contribution >= 4 is 39.7 Å². The maximum absolute atomic E-state index is 14.6. The highest BCUT2D eigenvalue weighted by molar-refractivity contribution is 7.10. The normalized spacial score (nSPS) is 24.4. The number of carbonyl (C=O) groups is 2. The number of aryl methyl sites for hydroxylation is 1. The van der Waals surface area contributed by atoms with E-state index < -0.39 is 29.9 Å². The van der Waals surface area contributed by atoms with Gasteiger partial charge in [0, 0.05) is 109 Å². The molecule has 398 valence electrons. The number of amides is 2. The maximum atomic E-state index is 14.6. The van der Waals surface area contributed by atoms with Gasteiger partial charge in [-0.2, -0.15) is 0 Å². The van der Waals surface area contributed by atoms with Crippen LogP contribution in [0.1, 0.15) is 121 Å². The second kappa shape index (κ2) is 22.5. The number of nitrogens with zero attached hydrogens (tertiary/aromatic N) is 8. The molecule has 1 aromatic carbocycles. The second-order valence-electron chi connectivity index (χ2n) is 22.8. The van der Waals surface area contributed by atoms with Crippen LogP contribution in [0.4, 0.5) is 5.69 Å². The minimum atomic E-state index is -1.33. The summed E-state index contributed by atoms with van der Waals surface area (Å²) in [6.07, 6.45) is 11.1. The van der Waals surface area contributed by atoms with Crippen molar-refractivity contribution in [1.82, 2.24) is 40.0 Å². The van der Waals surface area contributed by atoms with Crippen LogP contribution in [0.25, 0.3) is 33.4 Å². The molecule has 2 saturated carbocycles. The first-order valence-corrected chi connectivity index (χ1v) is 27.9. The Morgan fingerprint density at radius 3 is 2.50 bits per heavy atom. The van der Waals surface area contributed by atoms with Crippen molar-refractivity contribution in [3.8, 4) is 22.5 Å². The van der Waals surface area contributed by atoms with Gasteiger partial charge in [-0.3, -0.25) is 35.1 Å². The van der Waals surface area contributed by atoms with Gasteiger partial charge in [0.2, 0.25) is 16.7 Å². The molecule has 2 amide bonds. The largest absolute Gasteiger partial charge is 0.373 e. The van der Waals surface area contributed by atoms with Crippen LogP contribution in [0.3, 0.4) is 0 Å². The molecule has 4 aromatic heterocycles. The number of nitrogens with two attached hydrogens (primary N) is 2. The predicted molar refractivity (Wildman–Crippen MR) is 291 cm³/mol. The lowest BCUT2D eigenvalue weighted by molar-refractivity contribution is -0.829. The molecule has 0 radical (unpaired) electrons. The smallest absolute Gasteiger partial charge is 0.308 e. The summed E-state index contributed by atoms with van der Waals surface area (Å²) in [6.45, 7) is 17.4. The Morgan fingerprint density at radius 2 is 1.82 bits per heavy atom. The van der Waals surface area contributed by atoms with Gasteiger partial charge in [-0.15, -0.1) is 11.3 Å². The molecular weight excluding hydrogens is 953 g/mol. The van der Waals surface area contributed by atoms with Crippen LogP contribution in [0.2, 0.25) is 0 Å². The number of piperazine rings is 1. The van der Waals surface area contributed by atoms with E-state index in [9.17, 15) is 19.6 Å². The summed E-state index contributed by atoms with van der Waals surface area (Å²) in [4.78, 5) is 70.3. The molecule has 0 unspecified atom stereocenters. The SMILES string of the molecule is CCn1c(-c2cc(N3CCN(C4CC4)CC3)cnc2[C@H](N)O)c2c3cc(ccc31)-c1csc(n1)C[C@H](NC(=O)[C@H](C(C)C)N(C)C1CCC(C)(c3cccnc3)CC1)C(=O)NCCC[C@H](N)[N+](=O)OCC(C)(C)C2. The lowest BCUT2D eigenvalue weighted by atomic mass is 9.69. The van der Waals surface area contributed by atoms with Crippen molar-refractivity contribution in [3.63, 3.8) is 0 Å². The first-order chi connectivity index (χ1) is 35.4. The molecule has 3 fully saturated rings. The number of hydrogen-bond acceptors (Lipinski definition) is 14. The van der Waals surface area contributed by atoms with Gasteiger partial charge in [0.05, 0.1) is 44.9 Å². The topological polar surface area (TPSA) is 213 Å². The number of nitrogens with one attached hydrogen (secondary N) is 2. The van der Waals surface area contributed by atoms with E-state index in [-0.39, 0.29) is 55.2 Å². The number of likely N-dealkylation sites (N-methyl/N-ethyl adjacent to an activating group) is 1. The Hall–Kier alpha value is -5.37. The molecule has 5 aromatic rings. The Balaban J connectivity index is 1.04. The van der Waals surface area contributed by atoms with E-state index in [4.69, 9.17) is 26.3 Å². The van der Waals surface area contributed by atoms with Gasteiger partial charge in [-0.1, -0.05) is 46.8 Å². The molecular formula is C56H79N12O5S+. The molecule has 6 heterocycles. The van der Waals surface area contributed by atoms with Gasteiger partial charge in [-0.05, 0) is 112 Å². The zero-order valence-electron chi connectivity index (χ0n) is 44.6. The summed E-state index contributed by atoms with van der Waals surface area (Å²) in [7, 11) is 2.04. The van der Waals surface area contributed by atoms with Gasteiger partial charge < -0.3 is 30.9 Å². The van der Waals surface area contributed by atoms with Gasteiger partial charge >= 0.3 is 6.17 Å². The Labute approximate surface area is 440 Å². The van der Waals surface area contributed by atoms with Crippen LogP contribution in [0.15, 0.2) is 60.4 Å². The minimum Gasteiger partial charge on any atom is -0.373 e. The lowest BCUT2D eigenvalue weighted by Crippen LogP contribution is -2.57. The molecule has 4 bridgehead atoms. The number of pyridine rings is 2. The Bertz CT molecular complexity index is 2770. The standard InChI is InChI=1S/C56H78N12O5S/c1-8-67-46-16-13-36-27-41(46)43(51(67)42-28-40(32-61-49(42)52(58)69)66-25-23-65(24-26-66)39-14-15-39)30-55(4,5)34-73-68(72)47(57)12-10-22-60-53(70)44(29-48-62-45(36)33-74-48)63-54(71)50(35(2)3)64(7)38-17-19-56(6,20-18-38)37-11-9-21-59-31-37/h9,11,13,16,21,27-28,31-33,35,38-39,44,47,50,52,69H,8,10,12,14-15,17-20,22-26,29-30,34,57-58H2,1-7H3,(H-,60,63,70,71)/p+1/t38?,44-,47+,50-,52+,56?/m0/s1. The third-order valence-electron chi connectivity index (χ3n) is 16.3. The van der Waals surface area contributed by atoms with Crippen molar-refractivity contribution in [2.45, 2.75) is 154 Å². The molecule has 0 spiro atoms. The van der Waals surface area contributed by atoms with E-state index in [1.54, 1.807) is 0 Å². The molecule has 9 rings (SSSR count). The number of aliphatic hydroxyl groups excluding tert-OH is 1. The van der Waals surface area contributed by atoms with E-state index in [1.165, 1.54) is 29.7 Å². The lowest BCUT2D eigenvalue weighted by Gasteiger charge is -2.44. The average molecular weight is 1030 g/mol. The van der Waals surface area contributed by atoms with E-state index in [0.29, 0.717) is 41.1 Å². The summed E-state index contributed by atoms with van der Waals surface area (Å²) >= 11 is 1.46. The van der Waals surface area contributed by atoms with Crippen molar-refractivity contribution in [2.75, 3.05) is 51.3 Å². The van der Waals surface area contributed by atoms with Gasteiger partial charge in [0.1, 0.15) is 12.3 Å². The summed E-state index contributed by atoms with van der Waals surface area (Å²) in [5.41, 5.74) is 20.1. The Morgan fingerprint density at radius 1 is 1.07 bits per heavy atom. The molecule has 2 aliphatic heterocycles. The average Bonchev–Trinajstić information content (AvgIpc) is 4.07. The molecule has 74 heavy (non-hydrogen) atoms. The minimum absolute atomic E-state index is 0.0259. The molecule has 18 heteroatoms. The van der Waals surface area contributed by atoms with Crippen LogP contribution in [-0.2, 0) is 39.2 Å². The highest BCUT2D eigenvalue weighted by Crippen LogP contribution is 2.44. The van der Waals surface area contributed by atoms with Crippen molar-refractivity contribution in [3.05, 3.63) is 87.1 Å². The fourth-order valence-corrected chi connectivity index (χ4v) is 12.7.